The van der Waals surface area contributed by atoms with Crippen molar-refractivity contribution < 1.29 is 24.2 Å². The average Bonchev–Trinajstić information content (AvgIpc) is 3.27. The van der Waals surface area contributed by atoms with E-state index in [2.05, 4.69) is 44.7 Å². The fourth-order valence-corrected chi connectivity index (χ4v) is 5.25. The molecule has 1 aromatic heterocycles. The van der Waals surface area contributed by atoms with Gasteiger partial charge in [-0.2, -0.15) is 5.10 Å². The number of carboxylic acids is 1. The molecule has 3 aliphatic rings. The number of aromatic nitrogens is 2. The number of benzene rings is 2. The number of ether oxygens (including phenoxy) is 2. The van der Waals surface area contributed by atoms with Crippen LogP contribution in [0.1, 0.15) is 45.2 Å². The summed E-state index contributed by atoms with van der Waals surface area (Å²) in [5, 5.41) is 18.5. The van der Waals surface area contributed by atoms with Crippen LogP contribution in [0.5, 0.6) is 5.75 Å². The van der Waals surface area contributed by atoms with Crippen LogP contribution in [0, 0.1) is 12.8 Å². The Balaban J connectivity index is 1.14. The molecule has 1 amide bonds. The Hall–Kier alpha value is -3.85. The molecule has 4 heterocycles. The Bertz CT molecular complexity index is 1230. The molecular formula is C27H30N4O5. The van der Waals surface area contributed by atoms with Crippen molar-refractivity contribution in [3.63, 3.8) is 0 Å². The summed E-state index contributed by atoms with van der Waals surface area (Å²) < 4.78 is 11.7. The second-order valence-corrected chi connectivity index (χ2v) is 9.44. The summed E-state index contributed by atoms with van der Waals surface area (Å²) in [5.74, 6) is 0.235. The number of rotatable bonds is 8. The maximum absolute atomic E-state index is 12.7. The molecule has 3 fully saturated rings. The van der Waals surface area contributed by atoms with E-state index in [0.29, 0.717) is 35.4 Å². The Morgan fingerprint density at radius 3 is 2.75 bits per heavy atom. The van der Waals surface area contributed by atoms with E-state index >= 15 is 0 Å². The van der Waals surface area contributed by atoms with E-state index in [0.717, 1.165) is 31.6 Å². The van der Waals surface area contributed by atoms with Gasteiger partial charge in [0.2, 0.25) is 0 Å². The van der Waals surface area contributed by atoms with Gasteiger partial charge in [-0.3, -0.25) is 10.00 Å². The lowest BCUT2D eigenvalue weighted by molar-refractivity contribution is -0.0459. The zero-order valence-electron chi connectivity index (χ0n) is 20.1. The van der Waals surface area contributed by atoms with Crippen LogP contribution in [0.15, 0.2) is 54.6 Å². The quantitative estimate of drug-likeness (QED) is 0.441. The van der Waals surface area contributed by atoms with E-state index in [9.17, 15) is 9.59 Å². The largest absolute Gasteiger partial charge is 0.487 e. The molecule has 188 valence electrons. The lowest BCUT2D eigenvalue weighted by Gasteiger charge is -2.49. The van der Waals surface area contributed by atoms with Gasteiger partial charge >= 0.3 is 12.1 Å². The number of amides is 1. The molecule has 3 aliphatic heterocycles. The van der Waals surface area contributed by atoms with Gasteiger partial charge in [0.05, 0.1) is 5.69 Å². The molecule has 9 heteroatoms. The zero-order valence-corrected chi connectivity index (χ0v) is 20.1. The first-order valence-electron chi connectivity index (χ1n) is 12.2. The molecule has 0 radical (unpaired) electrons. The third-order valence-corrected chi connectivity index (χ3v) is 7.18. The summed E-state index contributed by atoms with van der Waals surface area (Å²) in [5.41, 5.74) is 3.31. The number of aromatic carboxylic acids is 1. The van der Waals surface area contributed by atoms with Crippen molar-refractivity contribution in [2.75, 3.05) is 19.6 Å². The highest BCUT2D eigenvalue weighted by Gasteiger charge is 2.43. The number of fused-ring (bicyclic) bond motifs is 3. The summed E-state index contributed by atoms with van der Waals surface area (Å²) in [6.45, 7) is 5.01. The molecule has 6 rings (SSSR count). The molecule has 4 atom stereocenters. The predicted octanol–water partition coefficient (Wildman–Crippen LogP) is 3.71. The van der Waals surface area contributed by atoms with Gasteiger partial charge in [0.1, 0.15) is 18.5 Å². The summed E-state index contributed by atoms with van der Waals surface area (Å²) in [7, 11) is 0. The third kappa shape index (κ3) is 5.21. The Morgan fingerprint density at radius 1 is 1.17 bits per heavy atom. The molecule has 3 saturated heterocycles. The molecule has 2 aromatic carbocycles. The Morgan fingerprint density at radius 2 is 2.00 bits per heavy atom. The number of carbonyl (C=O) groups is 2. The van der Waals surface area contributed by atoms with Crippen molar-refractivity contribution in [3.05, 3.63) is 82.7 Å². The number of aromatic amines is 1. The highest BCUT2D eigenvalue weighted by molar-refractivity contribution is 5.87. The topological polar surface area (TPSA) is 117 Å². The second kappa shape index (κ2) is 10.4. The summed E-state index contributed by atoms with van der Waals surface area (Å²) in [4.78, 5) is 26.2. The van der Waals surface area contributed by atoms with Crippen LogP contribution in [0.3, 0.4) is 0 Å². The standard InChI is InChI=1S/C27H30N4O5/c1-17-23(29-30-25(17)26(32)33)16-35-20-9-5-6-18(12-20)13-28-27(34)36-24-15-31-11-10-21(24)22(14-31)19-7-3-2-4-8-19/h2-9,12,21-22,24H,10-11,13-16H2,1H3,(H,28,34)(H,29,30)(H,32,33)/t21?,22?,24-/m0/s1. The van der Waals surface area contributed by atoms with Gasteiger partial charge in [-0.05, 0) is 43.1 Å². The number of nitrogens with one attached hydrogen (secondary N) is 2. The van der Waals surface area contributed by atoms with Crippen molar-refractivity contribution in [2.45, 2.75) is 38.5 Å². The number of carboxylic acid groups (broad SMARTS) is 1. The van der Waals surface area contributed by atoms with Gasteiger partial charge in [-0.25, -0.2) is 9.59 Å². The molecule has 36 heavy (non-hydrogen) atoms. The van der Waals surface area contributed by atoms with Crippen LogP contribution in [-0.4, -0.2) is 58.0 Å². The highest BCUT2D eigenvalue weighted by Crippen LogP contribution is 2.40. The minimum atomic E-state index is -1.08. The van der Waals surface area contributed by atoms with Crippen molar-refractivity contribution in [1.29, 1.82) is 0 Å². The molecule has 2 bridgehead atoms. The van der Waals surface area contributed by atoms with Gasteiger partial charge in [0, 0.05) is 37.0 Å². The summed E-state index contributed by atoms with van der Waals surface area (Å²) in [6, 6.07) is 17.9. The second-order valence-electron chi connectivity index (χ2n) is 9.44. The van der Waals surface area contributed by atoms with Crippen LogP contribution in [0.25, 0.3) is 0 Å². The van der Waals surface area contributed by atoms with Gasteiger partial charge in [-0.1, -0.05) is 42.5 Å². The summed E-state index contributed by atoms with van der Waals surface area (Å²) in [6.07, 6.45) is 0.489. The minimum Gasteiger partial charge on any atom is -0.487 e. The normalized spacial score (nSPS) is 22.7. The first-order valence-corrected chi connectivity index (χ1v) is 12.2. The van der Waals surface area contributed by atoms with Crippen molar-refractivity contribution >= 4 is 12.1 Å². The number of hydrogen-bond acceptors (Lipinski definition) is 6. The maximum Gasteiger partial charge on any atom is 0.407 e. The van der Waals surface area contributed by atoms with Gasteiger partial charge < -0.3 is 19.9 Å². The lowest BCUT2D eigenvalue weighted by Crippen LogP contribution is -2.56. The van der Waals surface area contributed by atoms with Crippen molar-refractivity contribution in [3.8, 4) is 5.75 Å². The molecule has 3 N–H and O–H groups in total. The molecule has 3 aromatic rings. The lowest BCUT2D eigenvalue weighted by atomic mass is 9.74. The van der Waals surface area contributed by atoms with Gasteiger partial charge in [0.25, 0.3) is 0 Å². The first kappa shape index (κ1) is 23.9. The number of alkyl carbamates (subject to hydrolysis) is 1. The number of carbonyl (C=O) groups excluding carboxylic acids is 1. The molecular weight excluding hydrogens is 460 g/mol. The van der Waals surface area contributed by atoms with E-state index in [1.54, 1.807) is 6.92 Å². The molecule has 0 saturated carbocycles. The SMILES string of the molecule is Cc1c(C(=O)O)n[nH]c1COc1cccc(CNC(=O)O[C@H]2CN3CCC2C(c2ccccc2)C3)c1. The monoisotopic (exact) mass is 490 g/mol. The first-order chi connectivity index (χ1) is 17.5. The zero-order chi connectivity index (χ0) is 25.1. The van der Waals surface area contributed by atoms with Crippen LogP contribution in [0.2, 0.25) is 0 Å². The smallest absolute Gasteiger partial charge is 0.407 e. The molecule has 0 spiro atoms. The van der Waals surface area contributed by atoms with Crippen LogP contribution >= 0.6 is 0 Å². The van der Waals surface area contributed by atoms with Crippen LogP contribution in [-0.2, 0) is 17.9 Å². The minimum absolute atomic E-state index is 0.0110. The van der Waals surface area contributed by atoms with E-state index in [1.807, 2.05) is 30.3 Å². The van der Waals surface area contributed by atoms with Crippen LogP contribution in [0.4, 0.5) is 4.79 Å². The number of hydrogen-bond donors (Lipinski definition) is 3. The van der Waals surface area contributed by atoms with Crippen molar-refractivity contribution in [2.24, 2.45) is 5.92 Å². The number of nitrogens with zero attached hydrogens (tertiary/aromatic N) is 2. The molecule has 9 nitrogen and oxygen atoms in total. The number of piperidine rings is 3. The predicted molar refractivity (Wildman–Crippen MR) is 132 cm³/mol. The maximum atomic E-state index is 12.7. The third-order valence-electron chi connectivity index (χ3n) is 7.18. The fraction of sp³-hybridized carbons (Fsp3) is 0.370. The van der Waals surface area contributed by atoms with Gasteiger partial charge in [0.15, 0.2) is 5.69 Å². The molecule has 0 aliphatic carbocycles. The van der Waals surface area contributed by atoms with E-state index in [4.69, 9.17) is 14.6 Å². The Kier molecular flexibility index (Phi) is 6.90. The fourth-order valence-electron chi connectivity index (χ4n) is 5.25. The highest BCUT2D eigenvalue weighted by atomic mass is 16.6. The van der Waals surface area contributed by atoms with Gasteiger partial charge in [-0.15, -0.1) is 0 Å². The average molecular weight is 491 g/mol. The summed E-state index contributed by atoms with van der Waals surface area (Å²) >= 11 is 0. The van der Waals surface area contributed by atoms with Crippen LogP contribution < -0.4 is 10.1 Å². The van der Waals surface area contributed by atoms with E-state index in [-0.39, 0.29) is 18.4 Å². The Labute approximate surface area is 209 Å². The van der Waals surface area contributed by atoms with E-state index < -0.39 is 12.1 Å². The van der Waals surface area contributed by atoms with E-state index in [1.165, 1.54) is 5.56 Å². The van der Waals surface area contributed by atoms with Crippen molar-refractivity contribution in [1.82, 2.24) is 20.4 Å². The number of H-pyrrole nitrogens is 1. The molecule has 3 unspecified atom stereocenters.